The molecule has 0 aromatic carbocycles. The van der Waals surface area contributed by atoms with Crippen molar-refractivity contribution in [3.63, 3.8) is 0 Å². The molecule has 1 saturated heterocycles. The molecule has 4 nitrogen and oxygen atoms in total. The van der Waals surface area contributed by atoms with Crippen molar-refractivity contribution in [2.24, 2.45) is 11.7 Å². The summed E-state index contributed by atoms with van der Waals surface area (Å²) in [4.78, 5) is 10.7. The average Bonchev–Trinajstić information content (AvgIpc) is 2.82. The molecule has 17 heavy (non-hydrogen) atoms. The summed E-state index contributed by atoms with van der Waals surface area (Å²) in [5.74, 6) is 0.544. The van der Waals surface area contributed by atoms with E-state index in [4.69, 9.17) is 5.73 Å². The van der Waals surface area contributed by atoms with E-state index in [-0.39, 0.29) is 5.91 Å². The number of rotatable bonds is 5. The zero-order chi connectivity index (χ0) is 12.1. The van der Waals surface area contributed by atoms with E-state index in [0.717, 1.165) is 12.5 Å². The van der Waals surface area contributed by atoms with E-state index in [9.17, 15) is 4.79 Å². The lowest BCUT2D eigenvalue weighted by Crippen LogP contribution is -2.47. The van der Waals surface area contributed by atoms with Crippen LogP contribution in [0.5, 0.6) is 0 Å². The van der Waals surface area contributed by atoms with E-state index in [1.165, 1.54) is 45.1 Å². The molecule has 3 atom stereocenters. The smallest absolute Gasteiger partial charge is 0.218 e. The van der Waals surface area contributed by atoms with Gasteiger partial charge in [0.15, 0.2) is 0 Å². The van der Waals surface area contributed by atoms with Crippen LogP contribution in [0.3, 0.4) is 0 Å². The molecule has 0 bridgehead atoms. The van der Waals surface area contributed by atoms with Gasteiger partial charge in [0, 0.05) is 25.0 Å². The first-order chi connectivity index (χ1) is 8.27. The highest BCUT2D eigenvalue weighted by Gasteiger charge is 2.32. The fourth-order valence-electron chi connectivity index (χ4n) is 3.35. The van der Waals surface area contributed by atoms with Gasteiger partial charge < -0.3 is 16.4 Å². The van der Waals surface area contributed by atoms with Gasteiger partial charge in [-0.1, -0.05) is 12.8 Å². The molecular weight excluding hydrogens is 214 g/mol. The Morgan fingerprint density at radius 1 is 1.24 bits per heavy atom. The Kier molecular flexibility index (Phi) is 4.80. The molecule has 0 aromatic rings. The van der Waals surface area contributed by atoms with Crippen molar-refractivity contribution in [2.45, 2.75) is 57.0 Å². The number of hydrogen-bond donors (Lipinski definition) is 3. The summed E-state index contributed by atoms with van der Waals surface area (Å²) >= 11 is 0. The van der Waals surface area contributed by atoms with Crippen LogP contribution in [0.2, 0.25) is 0 Å². The topological polar surface area (TPSA) is 67.2 Å². The Labute approximate surface area is 104 Å². The van der Waals surface area contributed by atoms with Crippen LogP contribution in [-0.4, -0.2) is 31.1 Å². The largest absolute Gasteiger partial charge is 0.370 e. The molecule has 1 heterocycles. The molecule has 1 saturated carbocycles. The fraction of sp³-hybridized carbons (Fsp3) is 0.923. The molecule has 1 amide bonds. The second-order valence-corrected chi connectivity index (χ2v) is 5.43. The lowest BCUT2D eigenvalue weighted by Gasteiger charge is -2.36. The van der Waals surface area contributed by atoms with Gasteiger partial charge in [-0.2, -0.15) is 0 Å². The van der Waals surface area contributed by atoms with Gasteiger partial charge in [-0.3, -0.25) is 4.79 Å². The Hall–Kier alpha value is -0.610. The maximum Gasteiger partial charge on any atom is 0.218 e. The van der Waals surface area contributed by atoms with Gasteiger partial charge in [-0.15, -0.1) is 0 Å². The molecule has 2 fully saturated rings. The minimum absolute atomic E-state index is 0.205. The number of nitrogens with one attached hydrogen (secondary N) is 2. The summed E-state index contributed by atoms with van der Waals surface area (Å²) in [6, 6.07) is 1.28. The van der Waals surface area contributed by atoms with Gasteiger partial charge in [0.2, 0.25) is 5.91 Å². The molecule has 0 aromatic heterocycles. The van der Waals surface area contributed by atoms with Crippen molar-refractivity contribution in [1.82, 2.24) is 10.6 Å². The van der Waals surface area contributed by atoms with Crippen LogP contribution >= 0.6 is 0 Å². The molecule has 1 aliphatic heterocycles. The highest BCUT2D eigenvalue weighted by atomic mass is 16.1. The molecular formula is C13H25N3O. The van der Waals surface area contributed by atoms with Crippen LogP contribution in [0.4, 0.5) is 0 Å². The number of hydrogen-bond acceptors (Lipinski definition) is 3. The number of primary amides is 1. The summed E-state index contributed by atoms with van der Waals surface area (Å²) in [7, 11) is 0. The molecule has 2 rings (SSSR count). The van der Waals surface area contributed by atoms with Gasteiger partial charge in [0.1, 0.15) is 0 Å². The SMILES string of the molecule is NC(=O)CCNC1CCCCC1C1CCCN1. The third kappa shape index (κ3) is 3.68. The predicted molar refractivity (Wildman–Crippen MR) is 68.6 cm³/mol. The summed E-state index contributed by atoms with van der Waals surface area (Å²) < 4.78 is 0. The van der Waals surface area contributed by atoms with E-state index in [0.29, 0.717) is 18.5 Å². The highest BCUT2D eigenvalue weighted by Crippen LogP contribution is 2.30. The van der Waals surface area contributed by atoms with Crippen LogP contribution in [0, 0.1) is 5.92 Å². The predicted octanol–water partition coefficient (Wildman–Crippen LogP) is 0.762. The molecule has 0 spiro atoms. The van der Waals surface area contributed by atoms with Gasteiger partial charge in [-0.25, -0.2) is 0 Å². The van der Waals surface area contributed by atoms with E-state index >= 15 is 0 Å². The lowest BCUT2D eigenvalue weighted by atomic mass is 9.79. The maximum absolute atomic E-state index is 10.7. The Bertz CT molecular complexity index is 251. The zero-order valence-corrected chi connectivity index (χ0v) is 10.6. The van der Waals surface area contributed by atoms with E-state index in [1.807, 2.05) is 0 Å². The maximum atomic E-state index is 10.7. The van der Waals surface area contributed by atoms with Crippen LogP contribution in [0.15, 0.2) is 0 Å². The fourth-order valence-corrected chi connectivity index (χ4v) is 3.35. The van der Waals surface area contributed by atoms with E-state index in [1.54, 1.807) is 0 Å². The van der Waals surface area contributed by atoms with Gasteiger partial charge in [0.05, 0.1) is 0 Å². The number of nitrogens with two attached hydrogens (primary N) is 1. The van der Waals surface area contributed by atoms with Crippen molar-refractivity contribution in [2.75, 3.05) is 13.1 Å². The summed E-state index contributed by atoms with van der Waals surface area (Å²) in [6.07, 6.45) is 8.34. The van der Waals surface area contributed by atoms with Crippen molar-refractivity contribution in [1.29, 1.82) is 0 Å². The normalized spacial score (nSPS) is 33.8. The molecule has 3 unspecified atom stereocenters. The highest BCUT2D eigenvalue weighted by molar-refractivity contribution is 5.73. The molecule has 4 N–H and O–H groups in total. The first-order valence-corrected chi connectivity index (χ1v) is 7.02. The number of carbonyl (C=O) groups is 1. The Morgan fingerprint density at radius 3 is 2.76 bits per heavy atom. The minimum atomic E-state index is -0.205. The van der Waals surface area contributed by atoms with Crippen molar-refractivity contribution in [3.8, 4) is 0 Å². The second-order valence-electron chi connectivity index (χ2n) is 5.43. The molecule has 98 valence electrons. The summed E-state index contributed by atoms with van der Waals surface area (Å²) in [6.45, 7) is 1.92. The molecule has 4 heteroatoms. The molecule has 0 radical (unpaired) electrons. The molecule has 1 aliphatic carbocycles. The Morgan fingerprint density at radius 2 is 2.06 bits per heavy atom. The first-order valence-electron chi connectivity index (χ1n) is 7.02. The Balaban J connectivity index is 1.81. The van der Waals surface area contributed by atoms with Crippen LogP contribution in [0.1, 0.15) is 44.9 Å². The third-order valence-corrected chi connectivity index (χ3v) is 4.21. The summed E-state index contributed by atoms with van der Waals surface area (Å²) in [5, 5.41) is 7.16. The van der Waals surface area contributed by atoms with Crippen LogP contribution in [0.25, 0.3) is 0 Å². The number of carbonyl (C=O) groups excluding carboxylic acids is 1. The van der Waals surface area contributed by atoms with E-state index < -0.39 is 0 Å². The monoisotopic (exact) mass is 239 g/mol. The average molecular weight is 239 g/mol. The summed E-state index contributed by atoms with van der Waals surface area (Å²) in [5.41, 5.74) is 5.17. The standard InChI is InChI=1S/C13H25N3O/c14-13(17)7-9-16-11-5-2-1-4-10(11)12-6-3-8-15-12/h10-12,15-16H,1-9H2,(H2,14,17). The minimum Gasteiger partial charge on any atom is -0.370 e. The van der Waals surface area contributed by atoms with Crippen LogP contribution in [-0.2, 0) is 4.79 Å². The van der Waals surface area contributed by atoms with Gasteiger partial charge >= 0.3 is 0 Å². The second kappa shape index (κ2) is 6.36. The number of amides is 1. The van der Waals surface area contributed by atoms with Gasteiger partial charge in [0.25, 0.3) is 0 Å². The quantitative estimate of drug-likeness (QED) is 0.663. The van der Waals surface area contributed by atoms with Crippen LogP contribution < -0.4 is 16.4 Å². The first kappa shape index (κ1) is 12.8. The van der Waals surface area contributed by atoms with Gasteiger partial charge in [-0.05, 0) is 38.1 Å². The van der Waals surface area contributed by atoms with Crippen molar-refractivity contribution >= 4 is 5.91 Å². The third-order valence-electron chi connectivity index (χ3n) is 4.21. The lowest BCUT2D eigenvalue weighted by molar-refractivity contribution is -0.117. The van der Waals surface area contributed by atoms with Crippen molar-refractivity contribution < 1.29 is 4.79 Å². The van der Waals surface area contributed by atoms with Crippen molar-refractivity contribution in [3.05, 3.63) is 0 Å². The zero-order valence-electron chi connectivity index (χ0n) is 10.6. The molecule has 2 aliphatic rings. The van der Waals surface area contributed by atoms with E-state index in [2.05, 4.69) is 10.6 Å².